The van der Waals surface area contributed by atoms with E-state index < -0.39 is 17.6 Å². The second kappa shape index (κ2) is 6.32. The molecule has 0 atom stereocenters. The van der Waals surface area contributed by atoms with Crippen molar-refractivity contribution in [3.63, 3.8) is 0 Å². The second-order valence-electron chi connectivity index (χ2n) is 5.46. The van der Waals surface area contributed by atoms with Crippen molar-refractivity contribution in [2.45, 2.75) is 32.0 Å². The van der Waals surface area contributed by atoms with E-state index in [4.69, 9.17) is 4.84 Å². The van der Waals surface area contributed by atoms with Gasteiger partial charge in [0.15, 0.2) is 0 Å². The van der Waals surface area contributed by atoms with Crippen LogP contribution in [0.25, 0.3) is 6.08 Å². The quantitative estimate of drug-likeness (QED) is 0.718. The number of hydrogen-bond donors (Lipinski definition) is 0. The zero-order valence-corrected chi connectivity index (χ0v) is 12.9. The third-order valence-corrected chi connectivity index (χ3v) is 3.84. The molecule has 0 N–H and O–H groups in total. The minimum atomic E-state index is -4.69. The van der Waals surface area contributed by atoms with Crippen LogP contribution in [0.15, 0.2) is 29.4 Å². The molecule has 1 heterocycles. The highest BCUT2D eigenvalue weighted by atomic mass is 32.2. The first-order valence-electron chi connectivity index (χ1n) is 6.58. The molecule has 120 valence electrons. The average Bonchev–Trinajstić information content (AvgIpc) is 2.74. The highest BCUT2D eigenvalue weighted by Gasteiger charge is 2.34. The van der Waals surface area contributed by atoms with Gasteiger partial charge in [0.25, 0.3) is 0 Å². The summed E-state index contributed by atoms with van der Waals surface area (Å²) in [6.07, 6.45) is -0.737. The van der Waals surface area contributed by atoms with Crippen LogP contribution in [-0.4, -0.2) is 16.4 Å². The lowest BCUT2D eigenvalue weighted by atomic mass is 10.1. The molecule has 0 aromatic heterocycles. The van der Waals surface area contributed by atoms with Gasteiger partial charge < -0.3 is 4.84 Å². The summed E-state index contributed by atoms with van der Waals surface area (Å²) < 4.78 is 50.9. The van der Waals surface area contributed by atoms with Crippen LogP contribution >= 0.6 is 11.8 Å². The minimum absolute atomic E-state index is 0.301. The number of rotatable bonds is 3. The van der Waals surface area contributed by atoms with Gasteiger partial charge in [0, 0.05) is 12.2 Å². The van der Waals surface area contributed by atoms with Crippen LogP contribution in [0, 0.1) is 5.82 Å². The summed E-state index contributed by atoms with van der Waals surface area (Å²) in [6.45, 7) is 3.86. The molecule has 0 fully saturated rings. The maximum absolute atomic E-state index is 13.2. The van der Waals surface area contributed by atoms with Gasteiger partial charge in [-0.05, 0) is 31.5 Å². The fourth-order valence-electron chi connectivity index (χ4n) is 1.87. The van der Waals surface area contributed by atoms with E-state index >= 15 is 0 Å². The highest BCUT2D eigenvalue weighted by molar-refractivity contribution is 8.14. The summed E-state index contributed by atoms with van der Waals surface area (Å²) >= 11 is 1.46. The number of nitrogens with zero attached hydrogens (tertiary/aromatic N) is 1. The maximum Gasteiger partial charge on any atom is 0.419 e. The molecule has 1 aromatic rings. The smallest absolute Gasteiger partial charge is 0.389 e. The summed E-state index contributed by atoms with van der Waals surface area (Å²) in [5.74, 6) is -0.712. The van der Waals surface area contributed by atoms with E-state index in [1.165, 1.54) is 23.9 Å². The Morgan fingerprint density at radius 1 is 1.36 bits per heavy atom. The molecule has 7 heteroatoms. The summed E-state index contributed by atoms with van der Waals surface area (Å²) in [6, 6.07) is 2.94. The van der Waals surface area contributed by atoms with Crippen LogP contribution in [0.3, 0.4) is 0 Å². The normalized spacial score (nSPS) is 17.6. The molecule has 2 nitrogen and oxygen atoms in total. The Kier molecular flexibility index (Phi) is 4.84. The van der Waals surface area contributed by atoms with Gasteiger partial charge >= 0.3 is 6.18 Å². The molecule has 0 bridgehead atoms. The van der Waals surface area contributed by atoms with Crippen LogP contribution < -0.4 is 0 Å². The molecule has 1 aromatic carbocycles. The monoisotopic (exact) mass is 333 g/mol. The molecule has 1 aliphatic heterocycles. The number of hydrogen-bond acceptors (Lipinski definition) is 3. The van der Waals surface area contributed by atoms with Gasteiger partial charge in [-0.2, -0.15) is 13.2 Å². The van der Waals surface area contributed by atoms with Gasteiger partial charge in [0.1, 0.15) is 16.5 Å². The summed E-state index contributed by atoms with van der Waals surface area (Å²) in [5.41, 5.74) is -1.25. The minimum Gasteiger partial charge on any atom is -0.389 e. The molecule has 2 rings (SSSR count). The van der Waals surface area contributed by atoms with Gasteiger partial charge in [0.05, 0.1) is 5.56 Å². The fourth-order valence-corrected chi connectivity index (χ4v) is 2.80. The molecule has 0 radical (unpaired) electrons. The van der Waals surface area contributed by atoms with Crippen LogP contribution in [0.2, 0.25) is 0 Å². The van der Waals surface area contributed by atoms with Gasteiger partial charge in [-0.25, -0.2) is 4.39 Å². The molecule has 0 aliphatic carbocycles. The maximum atomic E-state index is 13.2. The Balaban J connectivity index is 1.94. The predicted octanol–water partition coefficient (Wildman–Crippen LogP) is 5.10. The first kappa shape index (κ1) is 16.9. The standard InChI is InChI=1S/C15H15F4NOS/c1-14(2)9-13(20-21-14)22-7-3-4-10-5-6-12(16)11(8-10)15(17,18)19/h3-6,8H,7,9H2,1-2H3. The lowest BCUT2D eigenvalue weighted by Crippen LogP contribution is -2.18. The second-order valence-corrected chi connectivity index (χ2v) is 6.56. The van der Waals surface area contributed by atoms with E-state index in [9.17, 15) is 17.6 Å². The van der Waals surface area contributed by atoms with E-state index in [-0.39, 0.29) is 5.60 Å². The van der Waals surface area contributed by atoms with Crippen molar-refractivity contribution in [2.75, 3.05) is 5.75 Å². The molecule has 0 saturated carbocycles. The Hall–Kier alpha value is -1.50. The summed E-state index contributed by atoms with van der Waals surface area (Å²) in [7, 11) is 0. The number of halogens is 4. The van der Waals surface area contributed by atoms with Crippen LogP contribution in [0.4, 0.5) is 17.6 Å². The van der Waals surface area contributed by atoms with Crippen molar-refractivity contribution in [2.24, 2.45) is 5.16 Å². The first-order valence-corrected chi connectivity index (χ1v) is 7.57. The third kappa shape index (κ3) is 4.50. The Labute approximate surface area is 130 Å². The third-order valence-electron chi connectivity index (χ3n) is 2.92. The molecule has 0 spiro atoms. The van der Waals surface area contributed by atoms with Gasteiger partial charge in [-0.15, -0.1) is 11.8 Å². The molecule has 0 amide bonds. The highest BCUT2D eigenvalue weighted by Crippen LogP contribution is 2.32. The van der Waals surface area contributed by atoms with E-state index in [1.807, 2.05) is 13.8 Å². The van der Waals surface area contributed by atoms with Crippen molar-refractivity contribution in [3.8, 4) is 0 Å². The number of benzene rings is 1. The van der Waals surface area contributed by atoms with Crippen molar-refractivity contribution in [1.82, 2.24) is 0 Å². The Bertz CT molecular complexity index is 608. The Morgan fingerprint density at radius 2 is 2.09 bits per heavy atom. The van der Waals surface area contributed by atoms with Gasteiger partial charge in [-0.3, -0.25) is 0 Å². The predicted molar refractivity (Wildman–Crippen MR) is 80.1 cm³/mol. The lowest BCUT2D eigenvalue weighted by Gasteiger charge is -2.12. The van der Waals surface area contributed by atoms with Crippen LogP contribution in [0.1, 0.15) is 31.4 Å². The SMILES string of the molecule is CC1(C)CC(SCC=Cc2ccc(F)c(C(F)(F)F)c2)=NO1. The largest absolute Gasteiger partial charge is 0.419 e. The number of oxime groups is 1. The van der Waals surface area contributed by atoms with E-state index in [1.54, 1.807) is 6.08 Å². The number of alkyl halides is 3. The molecule has 0 unspecified atom stereocenters. The van der Waals surface area contributed by atoms with Crippen molar-refractivity contribution >= 4 is 22.9 Å². The summed E-state index contributed by atoms with van der Waals surface area (Å²) in [5, 5.41) is 4.79. The van der Waals surface area contributed by atoms with E-state index in [0.29, 0.717) is 17.7 Å². The van der Waals surface area contributed by atoms with Crippen LogP contribution in [-0.2, 0) is 11.0 Å². The summed E-state index contributed by atoms with van der Waals surface area (Å²) in [4.78, 5) is 5.21. The van der Waals surface area contributed by atoms with E-state index in [2.05, 4.69) is 5.16 Å². The zero-order valence-electron chi connectivity index (χ0n) is 12.1. The van der Waals surface area contributed by atoms with Gasteiger partial charge in [0.2, 0.25) is 0 Å². The average molecular weight is 333 g/mol. The molecule has 22 heavy (non-hydrogen) atoms. The number of thioether (sulfide) groups is 1. The molecular formula is C15H15F4NOS. The van der Waals surface area contributed by atoms with Crippen molar-refractivity contribution in [3.05, 3.63) is 41.2 Å². The van der Waals surface area contributed by atoms with Gasteiger partial charge in [-0.1, -0.05) is 23.4 Å². The zero-order chi connectivity index (χ0) is 16.4. The molecule has 0 saturated heterocycles. The lowest BCUT2D eigenvalue weighted by molar-refractivity contribution is -0.140. The first-order chi connectivity index (χ1) is 10.2. The molecule has 1 aliphatic rings. The van der Waals surface area contributed by atoms with Crippen LogP contribution in [0.5, 0.6) is 0 Å². The Morgan fingerprint density at radius 3 is 2.68 bits per heavy atom. The topological polar surface area (TPSA) is 21.6 Å². The fraction of sp³-hybridized carbons (Fsp3) is 0.400. The van der Waals surface area contributed by atoms with E-state index in [0.717, 1.165) is 17.2 Å². The van der Waals surface area contributed by atoms with Crippen molar-refractivity contribution < 1.29 is 22.4 Å². The van der Waals surface area contributed by atoms with Crippen molar-refractivity contribution in [1.29, 1.82) is 0 Å². The molecular weight excluding hydrogens is 318 g/mol.